The first-order valence-corrected chi connectivity index (χ1v) is 8.89. The van der Waals surface area contributed by atoms with Crippen LogP contribution in [0.1, 0.15) is 33.6 Å². The third kappa shape index (κ3) is 2.93. The fourth-order valence-electron chi connectivity index (χ4n) is 3.54. The van der Waals surface area contributed by atoms with Crippen LogP contribution in [0.15, 0.2) is 0 Å². The van der Waals surface area contributed by atoms with Gasteiger partial charge < -0.3 is 9.64 Å². The standard InChI is InChI=1S/C13H23NO5S/c1-5-18-13(15)14-11-6-10(19-20(4,16)17)7-12(14)9(3)8(11)2/h8-12H,5-7H2,1-4H3/t8-,9+,10?,11?,12?. The van der Waals surface area contributed by atoms with Gasteiger partial charge >= 0.3 is 6.09 Å². The van der Waals surface area contributed by atoms with Gasteiger partial charge in [0, 0.05) is 12.1 Å². The molecule has 2 aliphatic rings. The zero-order valence-corrected chi connectivity index (χ0v) is 13.2. The molecule has 0 aromatic heterocycles. The summed E-state index contributed by atoms with van der Waals surface area (Å²) >= 11 is 0. The summed E-state index contributed by atoms with van der Waals surface area (Å²) in [5.41, 5.74) is 0. The number of nitrogens with zero attached hydrogens (tertiary/aromatic N) is 1. The molecule has 3 unspecified atom stereocenters. The highest BCUT2D eigenvalue weighted by molar-refractivity contribution is 7.86. The van der Waals surface area contributed by atoms with Gasteiger partial charge in [-0.2, -0.15) is 8.42 Å². The molecule has 2 fully saturated rings. The molecule has 1 amide bonds. The van der Waals surface area contributed by atoms with Crippen LogP contribution in [-0.4, -0.2) is 50.5 Å². The van der Waals surface area contributed by atoms with E-state index in [1.54, 1.807) is 11.8 Å². The quantitative estimate of drug-likeness (QED) is 0.741. The largest absolute Gasteiger partial charge is 0.450 e. The zero-order chi connectivity index (χ0) is 15.1. The summed E-state index contributed by atoms with van der Waals surface area (Å²) in [5.74, 6) is 0.634. The van der Waals surface area contributed by atoms with Gasteiger partial charge in [-0.1, -0.05) is 13.8 Å². The van der Waals surface area contributed by atoms with Crippen molar-refractivity contribution in [2.45, 2.75) is 51.8 Å². The first-order chi connectivity index (χ1) is 9.24. The van der Waals surface area contributed by atoms with Crippen molar-refractivity contribution in [3.05, 3.63) is 0 Å². The molecular weight excluding hydrogens is 282 g/mol. The molecule has 20 heavy (non-hydrogen) atoms. The van der Waals surface area contributed by atoms with Gasteiger partial charge in [0.1, 0.15) is 0 Å². The normalized spacial score (nSPS) is 37.0. The maximum absolute atomic E-state index is 12.1. The molecule has 2 aliphatic heterocycles. The Balaban J connectivity index is 2.16. The van der Waals surface area contributed by atoms with E-state index >= 15 is 0 Å². The monoisotopic (exact) mass is 305 g/mol. The van der Waals surface area contributed by atoms with Crippen LogP contribution >= 0.6 is 0 Å². The van der Waals surface area contributed by atoms with Crippen molar-refractivity contribution in [2.75, 3.05) is 12.9 Å². The fraction of sp³-hybridized carbons (Fsp3) is 0.923. The molecule has 5 atom stereocenters. The van der Waals surface area contributed by atoms with E-state index < -0.39 is 10.1 Å². The van der Waals surface area contributed by atoms with Crippen LogP contribution in [0.25, 0.3) is 0 Å². The van der Waals surface area contributed by atoms with Gasteiger partial charge in [-0.05, 0) is 31.6 Å². The van der Waals surface area contributed by atoms with Gasteiger partial charge in [-0.25, -0.2) is 4.79 Å². The Morgan fingerprint density at radius 2 is 1.70 bits per heavy atom. The number of hydrogen-bond acceptors (Lipinski definition) is 5. The summed E-state index contributed by atoms with van der Waals surface area (Å²) in [5, 5.41) is 0. The minimum atomic E-state index is -3.46. The number of rotatable bonds is 3. The molecule has 0 radical (unpaired) electrons. The van der Waals surface area contributed by atoms with Crippen molar-refractivity contribution < 1.29 is 22.1 Å². The van der Waals surface area contributed by atoms with Crippen LogP contribution < -0.4 is 0 Å². The lowest BCUT2D eigenvalue weighted by atomic mass is 9.92. The third-order valence-corrected chi connectivity index (χ3v) is 5.18. The fourth-order valence-corrected chi connectivity index (χ4v) is 4.19. The van der Waals surface area contributed by atoms with Gasteiger partial charge in [0.2, 0.25) is 0 Å². The second-order valence-electron chi connectivity index (χ2n) is 5.85. The maximum atomic E-state index is 12.1. The molecule has 0 saturated carbocycles. The maximum Gasteiger partial charge on any atom is 0.410 e. The third-order valence-electron chi connectivity index (χ3n) is 4.56. The minimum absolute atomic E-state index is 0.00505. The molecule has 2 bridgehead atoms. The SMILES string of the molecule is CCOC(=O)N1C2CC(OS(C)(=O)=O)CC1[C@H](C)[C@@H]2C. The van der Waals surface area contributed by atoms with Gasteiger partial charge in [0.15, 0.2) is 0 Å². The topological polar surface area (TPSA) is 72.9 Å². The highest BCUT2D eigenvalue weighted by atomic mass is 32.2. The van der Waals surface area contributed by atoms with Gasteiger partial charge in [-0.15, -0.1) is 0 Å². The Bertz CT molecular complexity index is 459. The van der Waals surface area contributed by atoms with Crippen molar-refractivity contribution in [3.63, 3.8) is 0 Å². The zero-order valence-electron chi connectivity index (χ0n) is 12.4. The van der Waals surface area contributed by atoms with E-state index in [1.165, 1.54) is 0 Å². The highest BCUT2D eigenvalue weighted by Gasteiger charge is 2.52. The van der Waals surface area contributed by atoms with Crippen molar-refractivity contribution in [3.8, 4) is 0 Å². The van der Waals surface area contributed by atoms with E-state index in [-0.39, 0.29) is 24.3 Å². The van der Waals surface area contributed by atoms with Crippen molar-refractivity contribution in [1.82, 2.24) is 4.90 Å². The van der Waals surface area contributed by atoms with Crippen molar-refractivity contribution in [2.24, 2.45) is 11.8 Å². The molecule has 0 N–H and O–H groups in total. The van der Waals surface area contributed by atoms with Crippen molar-refractivity contribution in [1.29, 1.82) is 0 Å². The Labute approximate surface area is 120 Å². The van der Waals surface area contributed by atoms with E-state index in [1.807, 2.05) is 0 Å². The lowest BCUT2D eigenvalue weighted by Crippen LogP contribution is -2.50. The van der Waals surface area contributed by atoms with Crippen LogP contribution in [0.5, 0.6) is 0 Å². The molecule has 116 valence electrons. The van der Waals surface area contributed by atoms with Gasteiger partial charge in [0.25, 0.3) is 10.1 Å². The molecule has 0 aromatic carbocycles. The van der Waals surface area contributed by atoms with Crippen LogP contribution in [0.4, 0.5) is 4.79 Å². The number of ether oxygens (including phenoxy) is 1. The molecule has 2 saturated heterocycles. The number of hydrogen-bond donors (Lipinski definition) is 0. The number of amides is 1. The van der Waals surface area contributed by atoms with E-state index in [0.717, 1.165) is 6.26 Å². The van der Waals surface area contributed by atoms with Gasteiger partial charge in [-0.3, -0.25) is 4.18 Å². The second kappa shape index (κ2) is 5.52. The lowest BCUT2D eigenvalue weighted by Gasteiger charge is -2.38. The summed E-state index contributed by atoms with van der Waals surface area (Å²) < 4.78 is 32.8. The molecular formula is C13H23NO5S. The molecule has 0 aliphatic carbocycles. The number of carbonyl (C=O) groups is 1. The molecule has 0 spiro atoms. The molecule has 7 heteroatoms. The Hall–Kier alpha value is -0.820. The van der Waals surface area contributed by atoms with E-state index in [4.69, 9.17) is 8.92 Å². The Morgan fingerprint density at radius 1 is 1.20 bits per heavy atom. The lowest BCUT2D eigenvalue weighted by molar-refractivity contribution is 0.0312. The first kappa shape index (κ1) is 15.6. The van der Waals surface area contributed by atoms with Crippen LogP contribution in [0.2, 0.25) is 0 Å². The van der Waals surface area contributed by atoms with E-state index in [0.29, 0.717) is 31.3 Å². The van der Waals surface area contributed by atoms with Crippen LogP contribution in [0.3, 0.4) is 0 Å². The number of piperidine rings is 1. The Kier molecular flexibility index (Phi) is 4.30. The van der Waals surface area contributed by atoms with E-state index in [2.05, 4.69) is 13.8 Å². The average Bonchev–Trinajstić information content (AvgIpc) is 2.47. The summed E-state index contributed by atoms with van der Waals surface area (Å²) in [7, 11) is -3.46. The number of fused-ring (bicyclic) bond motifs is 2. The van der Waals surface area contributed by atoms with E-state index in [9.17, 15) is 13.2 Å². The summed E-state index contributed by atoms with van der Waals surface area (Å²) in [4.78, 5) is 13.9. The molecule has 2 heterocycles. The average molecular weight is 305 g/mol. The summed E-state index contributed by atoms with van der Waals surface area (Å²) in [6.07, 6.45) is 1.54. The van der Waals surface area contributed by atoms with Crippen LogP contribution in [-0.2, 0) is 19.0 Å². The smallest absolute Gasteiger partial charge is 0.410 e. The van der Waals surface area contributed by atoms with Crippen LogP contribution in [0, 0.1) is 11.8 Å². The van der Waals surface area contributed by atoms with Crippen molar-refractivity contribution >= 4 is 16.2 Å². The highest BCUT2D eigenvalue weighted by Crippen LogP contribution is 2.44. The first-order valence-electron chi connectivity index (χ1n) is 7.08. The predicted octanol–water partition coefficient (Wildman–Crippen LogP) is 1.61. The molecule has 6 nitrogen and oxygen atoms in total. The summed E-state index contributed by atoms with van der Waals surface area (Å²) in [6, 6.07) is -0.0101. The minimum Gasteiger partial charge on any atom is -0.450 e. The Morgan fingerprint density at radius 3 is 2.10 bits per heavy atom. The van der Waals surface area contributed by atoms with Gasteiger partial charge in [0.05, 0.1) is 19.0 Å². The molecule has 0 aromatic rings. The predicted molar refractivity (Wildman–Crippen MR) is 73.7 cm³/mol. The second-order valence-corrected chi connectivity index (χ2v) is 7.45. The summed E-state index contributed by atoms with van der Waals surface area (Å²) in [6.45, 7) is 6.34. The molecule has 2 rings (SSSR count). The number of carbonyl (C=O) groups excluding carboxylic acids is 1.